The second-order valence-electron chi connectivity index (χ2n) is 5.01. The lowest BCUT2D eigenvalue weighted by atomic mass is 10.1. The van der Waals surface area contributed by atoms with Crippen molar-refractivity contribution in [3.63, 3.8) is 0 Å². The SMILES string of the molecule is CNCc1cc(CN2CCCCC2)ccc1OC. The number of rotatable bonds is 5. The lowest BCUT2D eigenvalue weighted by Gasteiger charge is -2.26. The number of nitrogens with one attached hydrogen (secondary N) is 1. The van der Waals surface area contributed by atoms with E-state index in [0.717, 1.165) is 18.8 Å². The second-order valence-corrected chi connectivity index (χ2v) is 5.01. The Labute approximate surface area is 110 Å². The minimum Gasteiger partial charge on any atom is -0.496 e. The zero-order chi connectivity index (χ0) is 12.8. The summed E-state index contributed by atoms with van der Waals surface area (Å²) in [5.74, 6) is 0.978. The first-order valence-electron chi connectivity index (χ1n) is 6.86. The van der Waals surface area contributed by atoms with Crippen LogP contribution in [0.4, 0.5) is 0 Å². The van der Waals surface area contributed by atoms with Gasteiger partial charge in [-0.3, -0.25) is 4.90 Å². The van der Waals surface area contributed by atoms with Gasteiger partial charge in [-0.1, -0.05) is 12.5 Å². The first kappa shape index (κ1) is 13.4. The Kier molecular flexibility index (Phi) is 5.02. The van der Waals surface area contributed by atoms with Crippen molar-refractivity contribution in [1.29, 1.82) is 0 Å². The van der Waals surface area contributed by atoms with Crippen LogP contribution in [0.25, 0.3) is 0 Å². The summed E-state index contributed by atoms with van der Waals surface area (Å²) in [7, 11) is 3.70. The monoisotopic (exact) mass is 248 g/mol. The number of piperidine rings is 1. The highest BCUT2D eigenvalue weighted by Crippen LogP contribution is 2.21. The van der Waals surface area contributed by atoms with Gasteiger partial charge in [0.2, 0.25) is 0 Å². The molecule has 2 rings (SSSR count). The van der Waals surface area contributed by atoms with Crippen molar-refractivity contribution in [2.75, 3.05) is 27.2 Å². The maximum Gasteiger partial charge on any atom is 0.123 e. The first-order valence-corrected chi connectivity index (χ1v) is 6.86. The number of likely N-dealkylation sites (tertiary alicyclic amines) is 1. The Morgan fingerprint density at radius 2 is 2.00 bits per heavy atom. The van der Waals surface area contributed by atoms with Crippen molar-refractivity contribution in [3.8, 4) is 5.75 Å². The molecule has 0 aromatic heterocycles. The largest absolute Gasteiger partial charge is 0.496 e. The van der Waals surface area contributed by atoms with E-state index >= 15 is 0 Å². The molecule has 100 valence electrons. The fraction of sp³-hybridized carbons (Fsp3) is 0.600. The Hall–Kier alpha value is -1.06. The van der Waals surface area contributed by atoms with Gasteiger partial charge in [-0.05, 0) is 50.7 Å². The Morgan fingerprint density at radius 1 is 1.22 bits per heavy atom. The van der Waals surface area contributed by atoms with Gasteiger partial charge in [0.15, 0.2) is 0 Å². The van der Waals surface area contributed by atoms with Crippen LogP contribution in [0.15, 0.2) is 18.2 Å². The molecule has 1 aliphatic heterocycles. The average molecular weight is 248 g/mol. The summed E-state index contributed by atoms with van der Waals surface area (Å²) in [5.41, 5.74) is 2.64. The van der Waals surface area contributed by atoms with Crippen LogP contribution in [-0.4, -0.2) is 32.1 Å². The van der Waals surface area contributed by atoms with E-state index in [4.69, 9.17) is 4.74 Å². The Morgan fingerprint density at radius 3 is 2.67 bits per heavy atom. The molecule has 0 atom stereocenters. The van der Waals surface area contributed by atoms with Gasteiger partial charge in [-0.2, -0.15) is 0 Å². The summed E-state index contributed by atoms with van der Waals surface area (Å²) in [6.45, 7) is 4.42. The van der Waals surface area contributed by atoms with E-state index in [2.05, 4.69) is 28.4 Å². The van der Waals surface area contributed by atoms with Crippen LogP contribution in [0.1, 0.15) is 30.4 Å². The smallest absolute Gasteiger partial charge is 0.123 e. The molecule has 1 saturated heterocycles. The molecular weight excluding hydrogens is 224 g/mol. The first-order chi connectivity index (χ1) is 8.83. The average Bonchev–Trinajstić information content (AvgIpc) is 2.41. The lowest BCUT2D eigenvalue weighted by Crippen LogP contribution is -2.29. The predicted octanol–water partition coefficient (Wildman–Crippen LogP) is 2.40. The normalized spacial score (nSPS) is 16.8. The molecule has 1 aromatic rings. The minimum absolute atomic E-state index is 0.858. The van der Waals surface area contributed by atoms with Gasteiger partial charge in [-0.25, -0.2) is 0 Å². The van der Waals surface area contributed by atoms with E-state index in [1.54, 1.807) is 7.11 Å². The minimum atomic E-state index is 0.858. The van der Waals surface area contributed by atoms with Gasteiger partial charge in [0.25, 0.3) is 0 Å². The quantitative estimate of drug-likeness (QED) is 0.866. The van der Waals surface area contributed by atoms with Crippen molar-refractivity contribution in [2.24, 2.45) is 0 Å². The second kappa shape index (κ2) is 6.76. The molecule has 0 spiro atoms. The number of methoxy groups -OCH3 is 1. The number of ether oxygens (including phenoxy) is 1. The molecule has 0 amide bonds. The van der Waals surface area contributed by atoms with Crippen LogP contribution in [0.5, 0.6) is 5.75 Å². The van der Waals surface area contributed by atoms with Gasteiger partial charge in [0.05, 0.1) is 7.11 Å². The molecule has 1 aliphatic rings. The topological polar surface area (TPSA) is 24.5 Å². The summed E-state index contributed by atoms with van der Waals surface area (Å²) in [6.07, 6.45) is 4.09. The maximum atomic E-state index is 5.39. The van der Waals surface area contributed by atoms with E-state index in [1.807, 2.05) is 7.05 Å². The van der Waals surface area contributed by atoms with Gasteiger partial charge < -0.3 is 10.1 Å². The van der Waals surface area contributed by atoms with Crippen molar-refractivity contribution >= 4 is 0 Å². The predicted molar refractivity (Wildman–Crippen MR) is 74.9 cm³/mol. The molecule has 3 nitrogen and oxygen atoms in total. The van der Waals surface area contributed by atoms with Crippen molar-refractivity contribution in [2.45, 2.75) is 32.4 Å². The summed E-state index contributed by atoms with van der Waals surface area (Å²) in [5, 5.41) is 3.20. The molecule has 0 saturated carbocycles. The molecule has 0 aliphatic carbocycles. The number of hydrogen-bond acceptors (Lipinski definition) is 3. The van der Waals surface area contributed by atoms with Crippen molar-refractivity contribution in [1.82, 2.24) is 10.2 Å². The van der Waals surface area contributed by atoms with Crippen LogP contribution in [0.2, 0.25) is 0 Å². The van der Waals surface area contributed by atoms with Gasteiger partial charge in [0, 0.05) is 18.7 Å². The Bertz CT molecular complexity index is 373. The summed E-state index contributed by atoms with van der Waals surface area (Å²) in [6, 6.07) is 6.54. The van der Waals surface area contributed by atoms with E-state index in [9.17, 15) is 0 Å². The third kappa shape index (κ3) is 3.47. The number of nitrogens with zero attached hydrogens (tertiary/aromatic N) is 1. The molecule has 1 heterocycles. The van der Waals surface area contributed by atoms with E-state index in [-0.39, 0.29) is 0 Å². The standard InChI is InChI=1S/C15H24N2O/c1-16-11-14-10-13(6-7-15(14)18-2)12-17-8-4-3-5-9-17/h6-7,10,16H,3-5,8-9,11-12H2,1-2H3. The molecule has 0 bridgehead atoms. The molecule has 18 heavy (non-hydrogen) atoms. The lowest BCUT2D eigenvalue weighted by molar-refractivity contribution is 0.221. The van der Waals surface area contributed by atoms with Crippen LogP contribution >= 0.6 is 0 Å². The molecule has 0 unspecified atom stereocenters. The molecule has 1 N–H and O–H groups in total. The van der Waals surface area contributed by atoms with E-state index in [0.29, 0.717) is 0 Å². The molecule has 0 radical (unpaired) electrons. The third-order valence-electron chi connectivity index (χ3n) is 3.57. The molecule has 1 fully saturated rings. The number of hydrogen-bond donors (Lipinski definition) is 1. The van der Waals surface area contributed by atoms with Gasteiger partial charge in [-0.15, -0.1) is 0 Å². The van der Waals surface area contributed by atoms with Crippen molar-refractivity contribution in [3.05, 3.63) is 29.3 Å². The molecular formula is C15H24N2O. The maximum absolute atomic E-state index is 5.39. The van der Waals surface area contributed by atoms with Crippen LogP contribution in [0, 0.1) is 0 Å². The highest BCUT2D eigenvalue weighted by molar-refractivity contribution is 5.37. The molecule has 1 aromatic carbocycles. The van der Waals surface area contributed by atoms with Gasteiger partial charge in [0.1, 0.15) is 5.75 Å². The highest BCUT2D eigenvalue weighted by Gasteiger charge is 2.11. The van der Waals surface area contributed by atoms with Crippen LogP contribution in [-0.2, 0) is 13.1 Å². The third-order valence-corrected chi connectivity index (χ3v) is 3.57. The summed E-state index contributed by atoms with van der Waals surface area (Å²) in [4.78, 5) is 2.55. The van der Waals surface area contributed by atoms with E-state index < -0.39 is 0 Å². The summed E-state index contributed by atoms with van der Waals surface area (Å²) >= 11 is 0. The Balaban J connectivity index is 2.05. The van der Waals surface area contributed by atoms with E-state index in [1.165, 1.54) is 43.5 Å². The molecule has 3 heteroatoms. The van der Waals surface area contributed by atoms with Crippen LogP contribution < -0.4 is 10.1 Å². The fourth-order valence-electron chi connectivity index (χ4n) is 2.63. The van der Waals surface area contributed by atoms with Gasteiger partial charge >= 0.3 is 0 Å². The number of benzene rings is 1. The van der Waals surface area contributed by atoms with Crippen LogP contribution in [0.3, 0.4) is 0 Å². The summed E-state index contributed by atoms with van der Waals surface area (Å²) < 4.78 is 5.39. The fourth-order valence-corrected chi connectivity index (χ4v) is 2.63. The van der Waals surface area contributed by atoms with Crippen molar-refractivity contribution < 1.29 is 4.74 Å². The highest BCUT2D eigenvalue weighted by atomic mass is 16.5. The zero-order valence-electron chi connectivity index (χ0n) is 11.5. The zero-order valence-corrected chi connectivity index (χ0v) is 11.5.